The Kier molecular flexibility index (Phi) is 4.51. The molecule has 0 fully saturated rings. The van der Waals surface area contributed by atoms with Gasteiger partial charge in [-0.1, -0.05) is 12.1 Å². The van der Waals surface area contributed by atoms with Crippen molar-refractivity contribution < 1.29 is 4.74 Å². The molecule has 0 spiro atoms. The standard InChI is InChI=1S/C17H22N2O/c1-4-20-17-9-8-15(18)11-14(17)12-19(3)16-7-5-6-13(2)10-16/h5-11H,4,12,18H2,1-3H3. The van der Waals surface area contributed by atoms with Crippen LogP contribution in [0.1, 0.15) is 18.1 Å². The van der Waals surface area contributed by atoms with Crippen molar-refractivity contribution in [1.29, 1.82) is 0 Å². The minimum atomic E-state index is 0.658. The summed E-state index contributed by atoms with van der Waals surface area (Å²) in [6.45, 7) is 5.52. The fourth-order valence-corrected chi connectivity index (χ4v) is 2.23. The summed E-state index contributed by atoms with van der Waals surface area (Å²) in [5, 5.41) is 0. The van der Waals surface area contributed by atoms with Gasteiger partial charge in [-0.05, 0) is 49.7 Å². The van der Waals surface area contributed by atoms with Gasteiger partial charge in [0, 0.05) is 30.5 Å². The Morgan fingerprint density at radius 1 is 1.15 bits per heavy atom. The smallest absolute Gasteiger partial charge is 0.124 e. The lowest BCUT2D eigenvalue weighted by Crippen LogP contribution is -2.17. The number of nitrogens with two attached hydrogens (primary N) is 1. The second-order valence-electron chi connectivity index (χ2n) is 5.00. The number of anilines is 2. The summed E-state index contributed by atoms with van der Waals surface area (Å²) in [4.78, 5) is 2.20. The van der Waals surface area contributed by atoms with Gasteiger partial charge in [-0.25, -0.2) is 0 Å². The number of aryl methyl sites for hydroxylation is 1. The number of hydrogen-bond donors (Lipinski definition) is 1. The van der Waals surface area contributed by atoms with Crippen LogP contribution >= 0.6 is 0 Å². The average Bonchev–Trinajstić information content (AvgIpc) is 2.42. The molecule has 0 aliphatic heterocycles. The van der Waals surface area contributed by atoms with Crippen molar-refractivity contribution in [3.05, 3.63) is 53.6 Å². The van der Waals surface area contributed by atoms with E-state index in [0.29, 0.717) is 6.61 Å². The van der Waals surface area contributed by atoms with E-state index in [1.807, 2.05) is 25.1 Å². The summed E-state index contributed by atoms with van der Waals surface area (Å²) < 4.78 is 5.67. The van der Waals surface area contributed by atoms with Crippen LogP contribution in [0.5, 0.6) is 5.75 Å². The minimum Gasteiger partial charge on any atom is -0.494 e. The second-order valence-corrected chi connectivity index (χ2v) is 5.00. The molecule has 0 aliphatic rings. The molecular formula is C17H22N2O. The van der Waals surface area contributed by atoms with Gasteiger partial charge in [0.25, 0.3) is 0 Å². The van der Waals surface area contributed by atoms with Crippen LogP contribution in [0, 0.1) is 6.92 Å². The number of hydrogen-bond acceptors (Lipinski definition) is 3. The Labute approximate surface area is 121 Å². The van der Waals surface area contributed by atoms with Gasteiger partial charge in [-0.15, -0.1) is 0 Å². The van der Waals surface area contributed by atoms with Gasteiger partial charge < -0.3 is 15.4 Å². The van der Waals surface area contributed by atoms with E-state index in [1.165, 1.54) is 11.3 Å². The van der Waals surface area contributed by atoms with E-state index < -0.39 is 0 Å². The Morgan fingerprint density at radius 2 is 1.95 bits per heavy atom. The maximum absolute atomic E-state index is 5.89. The van der Waals surface area contributed by atoms with E-state index in [1.54, 1.807) is 0 Å². The first-order valence-electron chi connectivity index (χ1n) is 6.89. The lowest BCUT2D eigenvalue weighted by Gasteiger charge is -2.21. The summed E-state index contributed by atoms with van der Waals surface area (Å²) in [7, 11) is 2.08. The lowest BCUT2D eigenvalue weighted by atomic mass is 10.1. The number of rotatable bonds is 5. The highest BCUT2D eigenvalue weighted by molar-refractivity contribution is 5.52. The third-order valence-electron chi connectivity index (χ3n) is 3.23. The number of nitrogen functional groups attached to an aromatic ring is 1. The molecule has 2 aromatic carbocycles. The molecule has 0 unspecified atom stereocenters. The van der Waals surface area contributed by atoms with Crippen LogP contribution in [0.3, 0.4) is 0 Å². The molecule has 0 aliphatic carbocycles. The summed E-state index contributed by atoms with van der Waals surface area (Å²) in [5.74, 6) is 0.904. The van der Waals surface area contributed by atoms with Crippen LogP contribution in [0.2, 0.25) is 0 Å². The zero-order chi connectivity index (χ0) is 14.5. The summed E-state index contributed by atoms with van der Waals surface area (Å²) >= 11 is 0. The highest BCUT2D eigenvalue weighted by Crippen LogP contribution is 2.25. The molecule has 0 atom stereocenters. The van der Waals surface area contributed by atoms with Gasteiger partial charge in [-0.3, -0.25) is 0 Å². The lowest BCUT2D eigenvalue weighted by molar-refractivity contribution is 0.336. The van der Waals surface area contributed by atoms with E-state index in [-0.39, 0.29) is 0 Å². The van der Waals surface area contributed by atoms with E-state index >= 15 is 0 Å². The molecule has 0 radical (unpaired) electrons. The third kappa shape index (κ3) is 3.44. The first-order valence-corrected chi connectivity index (χ1v) is 6.89. The predicted molar refractivity (Wildman–Crippen MR) is 85.3 cm³/mol. The first kappa shape index (κ1) is 14.3. The summed E-state index contributed by atoms with van der Waals surface area (Å²) in [5.41, 5.74) is 10.2. The Morgan fingerprint density at radius 3 is 2.65 bits per heavy atom. The Balaban J connectivity index is 2.22. The number of ether oxygens (including phenoxy) is 1. The van der Waals surface area contributed by atoms with Crippen molar-refractivity contribution in [2.24, 2.45) is 0 Å². The van der Waals surface area contributed by atoms with Gasteiger partial charge in [0.05, 0.1) is 6.61 Å². The predicted octanol–water partition coefficient (Wildman–Crippen LogP) is 3.61. The zero-order valence-corrected chi connectivity index (χ0v) is 12.4. The fraction of sp³-hybridized carbons (Fsp3) is 0.294. The first-order chi connectivity index (χ1) is 9.60. The molecule has 3 heteroatoms. The molecule has 0 heterocycles. The van der Waals surface area contributed by atoms with Crippen LogP contribution in [-0.4, -0.2) is 13.7 Å². The molecule has 3 nitrogen and oxygen atoms in total. The zero-order valence-electron chi connectivity index (χ0n) is 12.4. The summed E-state index contributed by atoms with van der Waals surface area (Å²) in [6, 6.07) is 14.3. The molecule has 0 bridgehead atoms. The van der Waals surface area contributed by atoms with Crippen molar-refractivity contribution >= 4 is 11.4 Å². The minimum absolute atomic E-state index is 0.658. The molecule has 2 rings (SSSR count). The van der Waals surface area contributed by atoms with Crippen LogP contribution in [-0.2, 0) is 6.54 Å². The van der Waals surface area contributed by atoms with E-state index in [4.69, 9.17) is 10.5 Å². The van der Waals surface area contributed by atoms with Crippen LogP contribution in [0.4, 0.5) is 11.4 Å². The van der Waals surface area contributed by atoms with Gasteiger partial charge in [-0.2, -0.15) is 0 Å². The van der Waals surface area contributed by atoms with Crippen molar-refractivity contribution in [2.45, 2.75) is 20.4 Å². The SMILES string of the molecule is CCOc1ccc(N)cc1CN(C)c1cccc(C)c1. The average molecular weight is 270 g/mol. The third-order valence-corrected chi connectivity index (χ3v) is 3.23. The van der Waals surface area contributed by atoms with E-state index in [9.17, 15) is 0 Å². The molecule has 20 heavy (non-hydrogen) atoms. The van der Waals surface area contributed by atoms with Crippen molar-refractivity contribution in [2.75, 3.05) is 24.3 Å². The molecule has 2 N–H and O–H groups in total. The van der Waals surface area contributed by atoms with Crippen LogP contribution < -0.4 is 15.4 Å². The van der Waals surface area contributed by atoms with Gasteiger partial charge >= 0.3 is 0 Å². The normalized spacial score (nSPS) is 10.3. The van der Waals surface area contributed by atoms with E-state index in [0.717, 1.165) is 23.5 Å². The van der Waals surface area contributed by atoms with Crippen molar-refractivity contribution in [3.8, 4) is 5.75 Å². The molecule has 2 aromatic rings. The second kappa shape index (κ2) is 6.33. The molecule has 0 saturated heterocycles. The van der Waals surface area contributed by atoms with Crippen molar-refractivity contribution in [1.82, 2.24) is 0 Å². The topological polar surface area (TPSA) is 38.5 Å². The fourth-order valence-electron chi connectivity index (χ4n) is 2.23. The quantitative estimate of drug-likeness (QED) is 0.843. The van der Waals surface area contributed by atoms with Gasteiger partial charge in [0.1, 0.15) is 5.75 Å². The molecule has 106 valence electrons. The van der Waals surface area contributed by atoms with Gasteiger partial charge in [0.15, 0.2) is 0 Å². The molecule has 0 amide bonds. The monoisotopic (exact) mass is 270 g/mol. The van der Waals surface area contributed by atoms with Crippen LogP contribution in [0.25, 0.3) is 0 Å². The molecule has 0 saturated carbocycles. The Hall–Kier alpha value is -2.16. The van der Waals surface area contributed by atoms with E-state index in [2.05, 4.69) is 43.1 Å². The van der Waals surface area contributed by atoms with Gasteiger partial charge in [0.2, 0.25) is 0 Å². The largest absolute Gasteiger partial charge is 0.494 e. The summed E-state index contributed by atoms with van der Waals surface area (Å²) in [6.07, 6.45) is 0. The molecular weight excluding hydrogens is 248 g/mol. The highest BCUT2D eigenvalue weighted by Gasteiger charge is 2.08. The highest BCUT2D eigenvalue weighted by atomic mass is 16.5. The maximum Gasteiger partial charge on any atom is 0.124 e. The Bertz CT molecular complexity index is 581. The molecule has 0 aromatic heterocycles. The number of benzene rings is 2. The van der Waals surface area contributed by atoms with Crippen molar-refractivity contribution in [3.63, 3.8) is 0 Å². The number of nitrogens with zero attached hydrogens (tertiary/aromatic N) is 1. The van der Waals surface area contributed by atoms with Crippen LogP contribution in [0.15, 0.2) is 42.5 Å². The maximum atomic E-state index is 5.89.